The lowest BCUT2D eigenvalue weighted by Crippen LogP contribution is -2.61. The van der Waals surface area contributed by atoms with Crippen LogP contribution < -0.4 is 0 Å². The van der Waals surface area contributed by atoms with Gasteiger partial charge >= 0.3 is 5.97 Å². The van der Waals surface area contributed by atoms with E-state index >= 15 is 0 Å². The monoisotopic (exact) mass is 383 g/mol. The fourth-order valence-electron chi connectivity index (χ4n) is 3.50. The van der Waals surface area contributed by atoms with E-state index in [0.717, 1.165) is 10.5 Å². The number of ether oxygens (including phenoxy) is 5. The number of esters is 1. The number of hydrogen-bond donors (Lipinski definition) is 0. The van der Waals surface area contributed by atoms with Gasteiger partial charge in [-0.05, 0) is 27.7 Å². The molecule has 27 heavy (non-hydrogen) atoms. The third-order valence-corrected chi connectivity index (χ3v) is 4.63. The second kappa shape index (κ2) is 6.97. The third-order valence-electron chi connectivity index (χ3n) is 4.63. The molecule has 2 amide bonds. The van der Waals surface area contributed by atoms with Gasteiger partial charge in [-0.15, -0.1) is 0 Å². The Morgan fingerprint density at radius 3 is 2.37 bits per heavy atom. The number of β-lactam (4-membered cyclic amide) rings is 1. The molecule has 150 valence electrons. The van der Waals surface area contributed by atoms with Crippen molar-refractivity contribution in [1.29, 1.82) is 0 Å². The highest BCUT2D eigenvalue weighted by molar-refractivity contribution is 6.11. The molecule has 3 heterocycles. The first kappa shape index (κ1) is 19.9. The number of carbonyl (C=O) groups excluding carboxylic acids is 3. The molecule has 0 spiro atoms. The first-order valence-corrected chi connectivity index (χ1v) is 8.83. The molecule has 3 aliphatic rings. The minimum absolute atomic E-state index is 0.0506. The number of allylic oxidation sites excluding steroid dienone is 1. The predicted octanol–water partition coefficient (Wildman–Crippen LogP) is 0.862. The molecule has 0 bridgehead atoms. The van der Waals surface area contributed by atoms with Crippen molar-refractivity contribution >= 4 is 17.8 Å². The Kier molecular flexibility index (Phi) is 5.15. The van der Waals surface area contributed by atoms with E-state index in [0.29, 0.717) is 5.57 Å². The maximum absolute atomic E-state index is 12.3. The molecule has 3 fully saturated rings. The van der Waals surface area contributed by atoms with E-state index in [9.17, 15) is 14.4 Å². The Bertz CT molecular complexity index is 695. The van der Waals surface area contributed by atoms with Gasteiger partial charge in [-0.25, -0.2) is 4.90 Å². The Morgan fingerprint density at radius 2 is 1.81 bits per heavy atom. The number of amides is 2. The zero-order valence-electron chi connectivity index (χ0n) is 16.3. The molecule has 0 saturated carbocycles. The number of fused-ring (bicyclic) bond motifs is 1. The van der Waals surface area contributed by atoms with Gasteiger partial charge in [-0.3, -0.25) is 14.4 Å². The van der Waals surface area contributed by atoms with Crippen LogP contribution in [0.3, 0.4) is 0 Å². The molecular weight excluding hydrogens is 358 g/mol. The van der Waals surface area contributed by atoms with Gasteiger partial charge in [-0.2, -0.15) is 0 Å². The molecule has 0 radical (unpaired) electrons. The van der Waals surface area contributed by atoms with Crippen molar-refractivity contribution in [2.45, 2.75) is 78.2 Å². The highest BCUT2D eigenvalue weighted by Crippen LogP contribution is 2.41. The molecule has 0 aliphatic carbocycles. The summed E-state index contributed by atoms with van der Waals surface area (Å²) >= 11 is 0. The van der Waals surface area contributed by atoms with E-state index < -0.39 is 48.5 Å². The highest BCUT2D eigenvalue weighted by atomic mass is 16.8. The van der Waals surface area contributed by atoms with Crippen molar-refractivity contribution in [1.82, 2.24) is 4.90 Å². The number of hydrogen-bond acceptors (Lipinski definition) is 8. The number of likely N-dealkylation sites (tertiary alicyclic amines) is 1. The van der Waals surface area contributed by atoms with Crippen LogP contribution in [0.5, 0.6) is 0 Å². The van der Waals surface area contributed by atoms with Crippen LogP contribution in [0.25, 0.3) is 0 Å². The Balaban J connectivity index is 1.83. The molecule has 3 aliphatic heterocycles. The molecule has 9 nitrogen and oxygen atoms in total. The van der Waals surface area contributed by atoms with Crippen molar-refractivity contribution in [3.63, 3.8) is 0 Å². The Hall–Kier alpha value is -1.81. The SMILES string of the molecule is CC(=O)OC[C@H]1O[C@@H]2OC(C)(C)O[C@@H]2[C@H]1O[C@@H]1C(=C(C)C)C(=O)N1C(C)=O. The number of nitrogens with zero attached hydrogens (tertiary/aromatic N) is 1. The largest absolute Gasteiger partial charge is 0.463 e. The smallest absolute Gasteiger partial charge is 0.302 e. The number of rotatable bonds is 4. The van der Waals surface area contributed by atoms with Crippen molar-refractivity contribution in [2.24, 2.45) is 0 Å². The van der Waals surface area contributed by atoms with Gasteiger partial charge in [0.15, 0.2) is 18.3 Å². The second-order valence-corrected chi connectivity index (χ2v) is 7.51. The molecule has 3 saturated heterocycles. The zero-order valence-corrected chi connectivity index (χ0v) is 16.3. The van der Waals surface area contributed by atoms with E-state index in [4.69, 9.17) is 23.7 Å². The van der Waals surface area contributed by atoms with E-state index in [1.54, 1.807) is 27.7 Å². The van der Waals surface area contributed by atoms with E-state index in [1.165, 1.54) is 13.8 Å². The molecule has 5 atom stereocenters. The van der Waals surface area contributed by atoms with Gasteiger partial charge < -0.3 is 23.7 Å². The maximum Gasteiger partial charge on any atom is 0.302 e. The van der Waals surface area contributed by atoms with Gasteiger partial charge in [0.25, 0.3) is 5.91 Å². The summed E-state index contributed by atoms with van der Waals surface area (Å²) in [5.41, 5.74) is 1.19. The van der Waals surface area contributed by atoms with Crippen LogP contribution in [0.15, 0.2) is 11.1 Å². The summed E-state index contributed by atoms with van der Waals surface area (Å²) in [6, 6.07) is 0. The van der Waals surface area contributed by atoms with Crippen molar-refractivity contribution < 1.29 is 38.1 Å². The molecule has 0 N–H and O–H groups in total. The lowest BCUT2D eigenvalue weighted by Gasteiger charge is -2.43. The minimum atomic E-state index is -0.863. The summed E-state index contributed by atoms with van der Waals surface area (Å²) in [6.07, 6.45) is -3.45. The average Bonchev–Trinajstić information content (AvgIpc) is 2.96. The first-order valence-electron chi connectivity index (χ1n) is 8.83. The Morgan fingerprint density at radius 1 is 1.15 bits per heavy atom. The van der Waals surface area contributed by atoms with Crippen molar-refractivity contribution in [2.75, 3.05) is 6.61 Å². The quantitative estimate of drug-likeness (QED) is 0.400. The fraction of sp³-hybridized carbons (Fsp3) is 0.722. The average molecular weight is 383 g/mol. The van der Waals surface area contributed by atoms with Gasteiger partial charge in [-0.1, -0.05) is 5.57 Å². The maximum atomic E-state index is 12.3. The van der Waals surface area contributed by atoms with Gasteiger partial charge in [0.2, 0.25) is 5.91 Å². The van der Waals surface area contributed by atoms with Crippen LogP contribution in [0.1, 0.15) is 41.5 Å². The van der Waals surface area contributed by atoms with Gasteiger partial charge in [0, 0.05) is 13.8 Å². The van der Waals surface area contributed by atoms with Gasteiger partial charge in [0.05, 0.1) is 5.57 Å². The van der Waals surface area contributed by atoms with Crippen LogP contribution in [0.2, 0.25) is 0 Å². The molecular formula is C18H25NO8. The number of imide groups is 1. The van der Waals surface area contributed by atoms with Crippen molar-refractivity contribution in [3.8, 4) is 0 Å². The number of carbonyl (C=O) groups is 3. The van der Waals surface area contributed by atoms with Crippen LogP contribution in [-0.2, 0) is 38.1 Å². The first-order chi connectivity index (χ1) is 12.5. The van der Waals surface area contributed by atoms with Crippen LogP contribution >= 0.6 is 0 Å². The lowest BCUT2D eigenvalue weighted by atomic mass is 9.98. The zero-order chi connectivity index (χ0) is 20.1. The molecule has 0 aromatic carbocycles. The summed E-state index contributed by atoms with van der Waals surface area (Å²) < 4.78 is 28.6. The van der Waals surface area contributed by atoms with Gasteiger partial charge in [0.1, 0.15) is 24.9 Å². The van der Waals surface area contributed by atoms with Crippen molar-refractivity contribution in [3.05, 3.63) is 11.1 Å². The fourth-order valence-corrected chi connectivity index (χ4v) is 3.50. The normalized spacial score (nSPS) is 34.3. The summed E-state index contributed by atoms with van der Waals surface area (Å²) in [4.78, 5) is 36.4. The van der Waals surface area contributed by atoms with Crippen LogP contribution in [-0.4, -0.2) is 65.9 Å². The summed E-state index contributed by atoms with van der Waals surface area (Å²) in [7, 11) is 0. The Labute approximate surface area is 157 Å². The second-order valence-electron chi connectivity index (χ2n) is 7.51. The lowest BCUT2D eigenvalue weighted by molar-refractivity contribution is -0.233. The topological polar surface area (TPSA) is 101 Å². The molecule has 0 aromatic rings. The molecule has 0 unspecified atom stereocenters. The summed E-state index contributed by atoms with van der Waals surface area (Å²) in [5.74, 6) is -2.10. The van der Waals surface area contributed by atoms with E-state index in [2.05, 4.69) is 0 Å². The summed E-state index contributed by atoms with van der Waals surface area (Å²) in [6.45, 7) is 9.62. The molecule has 9 heteroatoms. The third kappa shape index (κ3) is 3.64. The highest BCUT2D eigenvalue weighted by Gasteiger charge is 2.58. The predicted molar refractivity (Wildman–Crippen MR) is 89.9 cm³/mol. The standard InChI is InChI=1S/C18H25NO8/c1-8(2)12-15(22)19(9(3)20)16(12)25-13-11(7-23-10(4)21)24-17-14(13)26-18(5,6)27-17/h11,13-14,16-17H,7H2,1-6H3/t11-,13+,14-,16-,17-/m1/s1. The molecule has 0 aromatic heterocycles. The van der Waals surface area contributed by atoms with E-state index in [-0.39, 0.29) is 12.5 Å². The van der Waals surface area contributed by atoms with Crippen LogP contribution in [0, 0.1) is 0 Å². The molecule has 3 rings (SSSR count). The minimum Gasteiger partial charge on any atom is -0.463 e. The van der Waals surface area contributed by atoms with Crippen LogP contribution in [0.4, 0.5) is 0 Å². The van der Waals surface area contributed by atoms with E-state index in [1.807, 2.05) is 0 Å². The summed E-state index contributed by atoms with van der Waals surface area (Å²) in [5, 5.41) is 0.